The van der Waals surface area contributed by atoms with Gasteiger partial charge in [0.25, 0.3) is 0 Å². The summed E-state index contributed by atoms with van der Waals surface area (Å²) in [7, 11) is 0. The molecule has 2 heterocycles. The Hall–Kier alpha value is -0.650. The molecule has 0 bridgehead atoms. The quantitative estimate of drug-likeness (QED) is 0.746. The number of esters is 1. The van der Waals surface area contributed by atoms with Crippen molar-refractivity contribution in [2.75, 3.05) is 39.4 Å². The molecule has 2 saturated heterocycles. The zero-order chi connectivity index (χ0) is 13.9. The van der Waals surface area contributed by atoms with Crippen LogP contribution in [0, 0.1) is 5.92 Å². The zero-order valence-corrected chi connectivity index (χ0v) is 12.3. The van der Waals surface area contributed by atoms with Gasteiger partial charge in [-0.1, -0.05) is 0 Å². The Morgan fingerprint density at radius 1 is 1.26 bits per heavy atom. The van der Waals surface area contributed by atoms with Crippen molar-refractivity contribution in [3.05, 3.63) is 0 Å². The lowest BCUT2D eigenvalue weighted by atomic mass is 9.94. The molecule has 19 heavy (non-hydrogen) atoms. The minimum Gasteiger partial charge on any atom is -0.460 e. The number of morpholine rings is 1. The Bertz CT molecular complexity index is 308. The molecule has 0 saturated carbocycles. The second-order valence-corrected chi connectivity index (χ2v) is 6.43. The maximum atomic E-state index is 12.1. The van der Waals surface area contributed by atoms with E-state index in [0.29, 0.717) is 6.04 Å². The lowest BCUT2D eigenvalue weighted by molar-refractivity contribution is -0.161. The van der Waals surface area contributed by atoms with Gasteiger partial charge in [-0.05, 0) is 27.2 Å². The first-order valence-electron chi connectivity index (χ1n) is 7.21. The van der Waals surface area contributed by atoms with E-state index in [0.717, 1.165) is 45.8 Å². The SMILES string of the molecule is CC(C)(C)OC(=O)C1CNCC(N2CCOCC2)C1. The number of nitrogens with one attached hydrogen (secondary N) is 1. The number of carbonyl (C=O) groups is 1. The van der Waals surface area contributed by atoms with Crippen molar-refractivity contribution >= 4 is 5.97 Å². The van der Waals surface area contributed by atoms with Gasteiger partial charge in [-0.3, -0.25) is 9.69 Å². The lowest BCUT2D eigenvalue weighted by Crippen LogP contribution is -2.54. The zero-order valence-electron chi connectivity index (χ0n) is 12.3. The van der Waals surface area contributed by atoms with Gasteiger partial charge in [-0.25, -0.2) is 0 Å². The van der Waals surface area contributed by atoms with Crippen LogP contribution in [-0.4, -0.2) is 61.9 Å². The molecule has 0 spiro atoms. The summed E-state index contributed by atoms with van der Waals surface area (Å²) < 4.78 is 10.9. The van der Waals surface area contributed by atoms with Gasteiger partial charge in [-0.2, -0.15) is 0 Å². The first kappa shape index (κ1) is 14.8. The van der Waals surface area contributed by atoms with Crippen LogP contribution in [0.5, 0.6) is 0 Å². The van der Waals surface area contributed by atoms with E-state index in [9.17, 15) is 4.79 Å². The van der Waals surface area contributed by atoms with Gasteiger partial charge in [0, 0.05) is 32.2 Å². The van der Waals surface area contributed by atoms with Gasteiger partial charge in [0.05, 0.1) is 19.1 Å². The first-order chi connectivity index (χ1) is 8.96. The normalized spacial score (nSPS) is 30.1. The summed E-state index contributed by atoms with van der Waals surface area (Å²) in [5.41, 5.74) is -0.400. The third-order valence-corrected chi connectivity index (χ3v) is 3.63. The minimum absolute atomic E-state index is 0.0270. The second kappa shape index (κ2) is 6.20. The van der Waals surface area contributed by atoms with Gasteiger partial charge in [-0.15, -0.1) is 0 Å². The van der Waals surface area contributed by atoms with Crippen molar-refractivity contribution < 1.29 is 14.3 Å². The van der Waals surface area contributed by atoms with Crippen molar-refractivity contribution in [3.63, 3.8) is 0 Å². The summed E-state index contributed by atoms with van der Waals surface area (Å²) in [5, 5.41) is 3.37. The molecule has 5 heteroatoms. The molecule has 2 fully saturated rings. The van der Waals surface area contributed by atoms with E-state index in [1.54, 1.807) is 0 Å². The summed E-state index contributed by atoms with van der Waals surface area (Å²) in [4.78, 5) is 14.6. The molecule has 2 atom stereocenters. The lowest BCUT2D eigenvalue weighted by Gasteiger charge is -2.39. The van der Waals surface area contributed by atoms with E-state index in [2.05, 4.69) is 10.2 Å². The van der Waals surface area contributed by atoms with Crippen LogP contribution >= 0.6 is 0 Å². The number of hydrogen-bond donors (Lipinski definition) is 1. The number of nitrogens with zero attached hydrogens (tertiary/aromatic N) is 1. The van der Waals surface area contributed by atoms with Crippen LogP contribution < -0.4 is 5.32 Å². The van der Waals surface area contributed by atoms with Crippen molar-refractivity contribution in [2.24, 2.45) is 5.92 Å². The molecular weight excluding hydrogens is 244 g/mol. The molecule has 0 aromatic heterocycles. The fourth-order valence-electron chi connectivity index (χ4n) is 2.70. The molecule has 0 aliphatic carbocycles. The molecule has 2 unspecified atom stereocenters. The number of rotatable bonds is 2. The van der Waals surface area contributed by atoms with E-state index >= 15 is 0 Å². The van der Waals surface area contributed by atoms with Gasteiger partial charge in [0.15, 0.2) is 0 Å². The Labute approximate surface area is 115 Å². The summed E-state index contributed by atoms with van der Waals surface area (Å²) in [5.74, 6) is -0.0984. The third kappa shape index (κ3) is 4.44. The van der Waals surface area contributed by atoms with Crippen LogP contribution in [0.15, 0.2) is 0 Å². The maximum absolute atomic E-state index is 12.1. The molecule has 0 amide bonds. The van der Waals surface area contributed by atoms with Crippen LogP contribution in [0.25, 0.3) is 0 Å². The number of carbonyl (C=O) groups excluding carboxylic acids is 1. The molecular formula is C14H26N2O3. The monoisotopic (exact) mass is 270 g/mol. The van der Waals surface area contributed by atoms with Crippen LogP contribution in [0.2, 0.25) is 0 Å². The average Bonchev–Trinajstić information content (AvgIpc) is 2.38. The molecule has 2 aliphatic rings. The standard InChI is InChI=1S/C14H26N2O3/c1-14(2,3)19-13(17)11-8-12(10-15-9-11)16-4-6-18-7-5-16/h11-12,15H,4-10H2,1-3H3. The molecule has 0 aromatic rings. The van der Waals surface area contributed by atoms with Crippen molar-refractivity contribution in [1.82, 2.24) is 10.2 Å². The molecule has 2 aliphatic heterocycles. The summed E-state index contributed by atoms with van der Waals surface area (Å²) in [6.07, 6.45) is 0.891. The summed E-state index contributed by atoms with van der Waals surface area (Å²) >= 11 is 0. The fraction of sp³-hybridized carbons (Fsp3) is 0.929. The molecule has 0 aromatic carbocycles. The fourth-order valence-corrected chi connectivity index (χ4v) is 2.70. The smallest absolute Gasteiger partial charge is 0.310 e. The topological polar surface area (TPSA) is 50.8 Å². The van der Waals surface area contributed by atoms with Crippen LogP contribution in [0.4, 0.5) is 0 Å². The van der Waals surface area contributed by atoms with Crippen molar-refractivity contribution in [3.8, 4) is 0 Å². The summed E-state index contributed by atoms with van der Waals surface area (Å²) in [6, 6.07) is 0.426. The van der Waals surface area contributed by atoms with Crippen molar-refractivity contribution in [1.29, 1.82) is 0 Å². The van der Waals surface area contributed by atoms with Crippen LogP contribution in [0.1, 0.15) is 27.2 Å². The van der Waals surface area contributed by atoms with Gasteiger partial charge < -0.3 is 14.8 Å². The highest BCUT2D eigenvalue weighted by Crippen LogP contribution is 2.20. The predicted octanol–water partition coefficient (Wildman–Crippen LogP) is 0.638. The highest BCUT2D eigenvalue weighted by molar-refractivity contribution is 5.73. The van der Waals surface area contributed by atoms with Gasteiger partial charge in [0.2, 0.25) is 0 Å². The van der Waals surface area contributed by atoms with E-state index in [1.807, 2.05) is 20.8 Å². The highest BCUT2D eigenvalue weighted by Gasteiger charge is 2.33. The summed E-state index contributed by atoms with van der Waals surface area (Å²) in [6.45, 7) is 11.0. The Morgan fingerprint density at radius 3 is 2.58 bits per heavy atom. The van der Waals surface area contributed by atoms with E-state index in [1.165, 1.54) is 0 Å². The van der Waals surface area contributed by atoms with E-state index in [4.69, 9.17) is 9.47 Å². The van der Waals surface area contributed by atoms with E-state index in [-0.39, 0.29) is 11.9 Å². The minimum atomic E-state index is -0.400. The highest BCUT2D eigenvalue weighted by atomic mass is 16.6. The Morgan fingerprint density at radius 2 is 1.95 bits per heavy atom. The molecule has 5 nitrogen and oxygen atoms in total. The maximum Gasteiger partial charge on any atom is 0.310 e. The Kier molecular flexibility index (Phi) is 4.81. The van der Waals surface area contributed by atoms with Gasteiger partial charge >= 0.3 is 5.97 Å². The largest absolute Gasteiger partial charge is 0.460 e. The molecule has 1 N–H and O–H groups in total. The second-order valence-electron chi connectivity index (χ2n) is 6.43. The first-order valence-corrected chi connectivity index (χ1v) is 7.21. The van der Waals surface area contributed by atoms with Crippen LogP contribution in [0.3, 0.4) is 0 Å². The number of piperidine rings is 1. The Balaban J connectivity index is 1.87. The predicted molar refractivity (Wildman–Crippen MR) is 73.0 cm³/mol. The number of hydrogen-bond acceptors (Lipinski definition) is 5. The van der Waals surface area contributed by atoms with Crippen molar-refractivity contribution in [2.45, 2.75) is 38.8 Å². The average molecular weight is 270 g/mol. The molecule has 2 rings (SSSR count). The third-order valence-electron chi connectivity index (χ3n) is 3.63. The number of ether oxygens (including phenoxy) is 2. The molecule has 110 valence electrons. The van der Waals surface area contributed by atoms with E-state index < -0.39 is 5.60 Å². The van der Waals surface area contributed by atoms with Gasteiger partial charge in [0.1, 0.15) is 5.60 Å². The molecule has 0 radical (unpaired) electrons. The van der Waals surface area contributed by atoms with Crippen LogP contribution in [-0.2, 0) is 14.3 Å².